The van der Waals surface area contributed by atoms with Crippen LogP contribution in [0.4, 0.5) is 5.69 Å². The van der Waals surface area contributed by atoms with Gasteiger partial charge in [-0.3, -0.25) is 4.79 Å². The van der Waals surface area contributed by atoms with Gasteiger partial charge in [0.2, 0.25) is 11.8 Å². The molecule has 1 aliphatic heterocycles. The molecular weight excluding hydrogens is 393 g/mol. The molecule has 1 saturated heterocycles. The smallest absolute Gasteiger partial charge is 0.226 e. The average molecular weight is 416 g/mol. The third kappa shape index (κ3) is 7.22. The number of rotatable bonds is 6. The first-order chi connectivity index (χ1) is 12.2. The molecule has 0 spiro atoms. The lowest BCUT2D eigenvalue weighted by Gasteiger charge is -2.23. The highest BCUT2D eigenvalue weighted by atomic mass is 35.5. The predicted octanol–water partition coefficient (Wildman–Crippen LogP) is 3.04. The van der Waals surface area contributed by atoms with E-state index < -0.39 is 0 Å². The van der Waals surface area contributed by atoms with Crippen LogP contribution in [0, 0.1) is 0 Å². The first-order valence-corrected chi connectivity index (χ1v) is 8.12. The molecule has 27 heavy (non-hydrogen) atoms. The summed E-state index contributed by atoms with van der Waals surface area (Å²) in [7, 11) is 1.61. The molecule has 0 radical (unpaired) electrons. The van der Waals surface area contributed by atoms with E-state index in [9.17, 15) is 4.79 Å². The van der Waals surface area contributed by atoms with E-state index in [2.05, 4.69) is 15.6 Å². The molecule has 148 valence electrons. The molecule has 7 nitrogen and oxygen atoms in total. The molecule has 1 aromatic carbocycles. The van der Waals surface area contributed by atoms with E-state index in [1.165, 1.54) is 0 Å². The Bertz CT molecular complexity index is 693. The Morgan fingerprint density at radius 2 is 1.96 bits per heavy atom. The number of morpholine rings is 1. The summed E-state index contributed by atoms with van der Waals surface area (Å²) in [5.41, 5.74) is 0.629. The summed E-state index contributed by atoms with van der Waals surface area (Å²) in [5.74, 6) is 1.80. The molecule has 1 aromatic heterocycles. The second kappa shape index (κ2) is 11.6. The van der Waals surface area contributed by atoms with Crippen LogP contribution in [0.25, 0.3) is 0 Å². The molecule has 0 saturated carbocycles. The summed E-state index contributed by atoms with van der Waals surface area (Å²) in [5, 5.41) is 6.08. The molecule has 1 aliphatic rings. The van der Waals surface area contributed by atoms with Crippen molar-refractivity contribution in [3.05, 3.63) is 42.6 Å². The lowest BCUT2D eigenvalue weighted by Crippen LogP contribution is -2.43. The van der Waals surface area contributed by atoms with Crippen LogP contribution in [-0.4, -0.2) is 43.8 Å². The number of nitrogens with one attached hydrogen (secondary N) is 2. The molecule has 1 amide bonds. The third-order valence-corrected chi connectivity index (χ3v) is 3.73. The molecular formula is C18H23Cl2N3O4. The summed E-state index contributed by atoms with van der Waals surface area (Å²) in [6.45, 7) is 2.02. The van der Waals surface area contributed by atoms with Gasteiger partial charge in [0, 0.05) is 25.1 Å². The van der Waals surface area contributed by atoms with E-state index in [1.54, 1.807) is 37.6 Å². The van der Waals surface area contributed by atoms with Gasteiger partial charge >= 0.3 is 0 Å². The van der Waals surface area contributed by atoms with Gasteiger partial charge in [-0.05, 0) is 30.3 Å². The number of carbonyl (C=O) groups excluding carboxylic acids is 1. The van der Waals surface area contributed by atoms with Crippen molar-refractivity contribution in [1.82, 2.24) is 10.3 Å². The molecule has 1 unspecified atom stereocenters. The Morgan fingerprint density at radius 1 is 1.22 bits per heavy atom. The number of anilines is 1. The summed E-state index contributed by atoms with van der Waals surface area (Å²) in [6.07, 6.45) is 1.94. The zero-order valence-electron chi connectivity index (χ0n) is 14.8. The van der Waals surface area contributed by atoms with Crippen LogP contribution in [0.1, 0.15) is 6.42 Å². The number of hydrogen-bond acceptors (Lipinski definition) is 6. The number of aromatic nitrogens is 1. The molecule has 3 rings (SSSR count). The number of halogens is 2. The van der Waals surface area contributed by atoms with Gasteiger partial charge in [0.15, 0.2) is 0 Å². The topological polar surface area (TPSA) is 81.7 Å². The Morgan fingerprint density at radius 3 is 2.56 bits per heavy atom. The Kier molecular flexibility index (Phi) is 9.88. The Balaban J connectivity index is 0.00000182. The Labute approximate surface area is 170 Å². The summed E-state index contributed by atoms with van der Waals surface area (Å²) in [4.78, 5) is 16.2. The minimum Gasteiger partial charge on any atom is -0.497 e. The molecule has 1 fully saturated rings. The number of ether oxygens (including phenoxy) is 3. The van der Waals surface area contributed by atoms with E-state index in [1.807, 2.05) is 12.1 Å². The van der Waals surface area contributed by atoms with Gasteiger partial charge in [0.25, 0.3) is 0 Å². The molecule has 2 aromatic rings. The van der Waals surface area contributed by atoms with Gasteiger partial charge in [0.1, 0.15) is 11.5 Å². The average Bonchev–Trinajstić information content (AvgIpc) is 2.65. The SMILES string of the molecule is COc1ccc(Oc2ccc(NC(=O)CC3COCCN3)cn2)cc1.Cl.Cl. The van der Waals surface area contributed by atoms with E-state index >= 15 is 0 Å². The fraction of sp³-hybridized carbons (Fsp3) is 0.333. The van der Waals surface area contributed by atoms with Crippen molar-refractivity contribution in [2.75, 3.05) is 32.2 Å². The number of methoxy groups -OCH3 is 1. The van der Waals surface area contributed by atoms with Crippen molar-refractivity contribution in [2.24, 2.45) is 0 Å². The van der Waals surface area contributed by atoms with E-state index in [-0.39, 0.29) is 36.8 Å². The minimum atomic E-state index is -0.0753. The first kappa shape index (κ1) is 23.0. The Hall–Kier alpha value is -2.06. The van der Waals surface area contributed by atoms with Crippen molar-refractivity contribution in [1.29, 1.82) is 0 Å². The highest BCUT2D eigenvalue weighted by Crippen LogP contribution is 2.23. The summed E-state index contributed by atoms with van der Waals surface area (Å²) in [6, 6.07) is 10.8. The molecule has 2 heterocycles. The second-order valence-corrected chi connectivity index (χ2v) is 5.64. The van der Waals surface area contributed by atoms with Crippen LogP contribution in [0.3, 0.4) is 0 Å². The number of amides is 1. The molecule has 2 N–H and O–H groups in total. The number of benzene rings is 1. The first-order valence-electron chi connectivity index (χ1n) is 8.12. The van der Waals surface area contributed by atoms with Crippen LogP contribution in [0.2, 0.25) is 0 Å². The maximum absolute atomic E-state index is 12.0. The van der Waals surface area contributed by atoms with Gasteiger partial charge in [-0.15, -0.1) is 24.8 Å². The maximum Gasteiger partial charge on any atom is 0.226 e. The molecule has 0 aliphatic carbocycles. The number of hydrogen-bond donors (Lipinski definition) is 2. The summed E-state index contributed by atoms with van der Waals surface area (Å²) >= 11 is 0. The zero-order chi connectivity index (χ0) is 17.5. The van der Waals surface area contributed by atoms with Crippen molar-refractivity contribution in [3.63, 3.8) is 0 Å². The predicted molar refractivity (Wildman–Crippen MR) is 108 cm³/mol. The standard InChI is InChI=1S/C18H21N3O4.2ClH/c1-23-15-3-5-16(6-4-15)25-18-7-2-13(11-20-18)21-17(22)10-14-12-24-9-8-19-14;;/h2-7,11,14,19H,8-10,12H2,1H3,(H,21,22);2*1H. The van der Waals surface area contributed by atoms with Crippen molar-refractivity contribution in [3.8, 4) is 17.4 Å². The third-order valence-electron chi connectivity index (χ3n) is 3.73. The maximum atomic E-state index is 12.0. The molecule has 0 bridgehead atoms. The fourth-order valence-corrected chi connectivity index (χ4v) is 2.47. The van der Waals surface area contributed by atoms with Crippen LogP contribution in [0.5, 0.6) is 17.4 Å². The monoisotopic (exact) mass is 415 g/mol. The van der Waals surface area contributed by atoms with E-state index in [0.29, 0.717) is 37.0 Å². The lowest BCUT2D eigenvalue weighted by molar-refractivity contribution is -0.117. The number of pyridine rings is 1. The van der Waals surface area contributed by atoms with Crippen molar-refractivity contribution in [2.45, 2.75) is 12.5 Å². The van der Waals surface area contributed by atoms with Gasteiger partial charge in [-0.2, -0.15) is 0 Å². The molecule has 9 heteroatoms. The summed E-state index contributed by atoms with van der Waals surface area (Å²) < 4.78 is 16.1. The van der Waals surface area contributed by atoms with Crippen LogP contribution < -0.4 is 20.1 Å². The fourth-order valence-electron chi connectivity index (χ4n) is 2.47. The van der Waals surface area contributed by atoms with Crippen molar-refractivity contribution >= 4 is 36.4 Å². The van der Waals surface area contributed by atoms with Gasteiger partial charge in [0.05, 0.1) is 32.2 Å². The largest absolute Gasteiger partial charge is 0.497 e. The molecule has 1 atom stereocenters. The number of carbonyl (C=O) groups is 1. The highest BCUT2D eigenvalue weighted by molar-refractivity contribution is 5.91. The normalized spacial score (nSPS) is 15.7. The minimum absolute atomic E-state index is 0. The van der Waals surface area contributed by atoms with Crippen LogP contribution in [0.15, 0.2) is 42.6 Å². The lowest BCUT2D eigenvalue weighted by atomic mass is 10.2. The van der Waals surface area contributed by atoms with E-state index in [4.69, 9.17) is 14.2 Å². The van der Waals surface area contributed by atoms with Gasteiger partial charge in [-0.1, -0.05) is 0 Å². The number of nitrogens with zero attached hydrogens (tertiary/aromatic N) is 1. The highest BCUT2D eigenvalue weighted by Gasteiger charge is 2.16. The quantitative estimate of drug-likeness (QED) is 0.754. The van der Waals surface area contributed by atoms with Crippen molar-refractivity contribution < 1.29 is 19.0 Å². The van der Waals surface area contributed by atoms with E-state index in [0.717, 1.165) is 12.3 Å². The van der Waals surface area contributed by atoms with Gasteiger partial charge in [-0.25, -0.2) is 4.98 Å². The second-order valence-electron chi connectivity index (χ2n) is 5.64. The van der Waals surface area contributed by atoms with Crippen LogP contribution >= 0.6 is 24.8 Å². The zero-order valence-corrected chi connectivity index (χ0v) is 16.5. The van der Waals surface area contributed by atoms with Gasteiger partial charge < -0.3 is 24.8 Å². The van der Waals surface area contributed by atoms with Crippen LogP contribution in [-0.2, 0) is 9.53 Å².